The van der Waals surface area contributed by atoms with Gasteiger partial charge in [-0.1, -0.05) is 35.9 Å². The summed E-state index contributed by atoms with van der Waals surface area (Å²) in [7, 11) is 3.23. The number of methoxy groups -OCH3 is 2. The predicted octanol–water partition coefficient (Wildman–Crippen LogP) is 3.97. The van der Waals surface area contributed by atoms with Crippen molar-refractivity contribution >= 4 is 22.4 Å². The molecule has 0 aliphatic carbocycles. The van der Waals surface area contributed by atoms with E-state index in [0.717, 1.165) is 22.0 Å². The molecular weight excluding hydrogens is 288 g/mol. The molecule has 106 valence electrons. The molecule has 0 atom stereocenters. The summed E-state index contributed by atoms with van der Waals surface area (Å²) < 4.78 is 10.6. The molecule has 0 N–H and O–H groups in total. The molecular formula is C16H13ClN2O2. The molecule has 0 bridgehead atoms. The number of ether oxygens (including phenoxy) is 2. The third kappa shape index (κ3) is 2.50. The maximum atomic E-state index is 6.11. The highest BCUT2D eigenvalue weighted by atomic mass is 35.5. The fourth-order valence-electron chi connectivity index (χ4n) is 2.23. The Morgan fingerprint density at radius 3 is 2.10 bits per heavy atom. The van der Waals surface area contributed by atoms with E-state index in [1.807, 2.05) is 42.5 Å². The highest BCUT2D eigenvalue weighted by molar-refractivity contribution is 6.34. The zero-order valence-electron chi connectivity index (χ0n) is 11.6. The normalized spacial score (nSPS) is 10.6. The number of hydrogen-bond acceptors (Lipinski definition) is 4. The number of nitrogens with zero attached hydrogens (tertiary/aromatic N) is 2. The molecule has 0 aliphatic rings. The summed E-state index contributed by atoms with van der Waals surface area (Å²) >= 11 is 6.11. The molecule has 3 aromatic rings. The van der Waals surface area contributed by atoms with E-state index >= 15 is 0 Å². The van der Waals surface area contributed by atoms with Crippen LogP contribution in [0.5, 0.6) is 11.5 Å². The Balaban J connectivity index is 2.28. The fourth-order valence-corrected chi connectivity index (χ4v) is 2.43. The third-order valence-electron chi connectivity index (χ3n) is 3.27. The first-order chi connectivity index (χ1) is 10.2. The van der Waals surface area contributed by atoms with Gasteiger partial charge in [0.1, 0.15) is 17.2 Å². The van der Waals surface area contributed by atoms with Crippen LogP contribution < -0.4 is 9.47 Å². The van der Waals surface area contributed by atoms with Crippen LogP contribution in [0.4, 0.5) is 0 Å². The van der Waals surface area contributed by atoms with Crippen LogP contribution in [0.3, 0.4) is 0 Å². The van der Waals surface area contributed by atoms with Crippen LogP contribution in [0.1, 0.15) is 0 Å². The molecule has 0 spiro atoms. The molecule has 1 heterocycles. The molecule has 0 radical (unpaired) electrons. The lowest BCUT2D eigenvalue weighted by molar-refractivity contribution is 0.394. The second kappa shape index (κ2) is 5.58. The van der Waals surface area contributed by atoms with Crippen molar-refractivity contribution in [1.29, 1.82) is 0 Å². The summed E-state index contributed by atoms with van der Waals surface area (Å²) in [5, 5.41) is 10.5. The summed E-state index contributed by atoms with van der Waals surface area (Å²) in [6.07, 6.45) is 0. The van der Waals surface area contributed by atoms with Crippen molar-refractivity contribution < 1.29 is 9.47 Å². The average Bonchev–Trinajstić information content (AvgIpc) is 2.55. The SMILES string of the molecule is COc1cc(OC)cc(-c2nnc(Cl)c3ccccc23)c1. The van der Waals surface area contributed by atoms with Gasteiger partial charge >= 0.3 is 0 Å². The van der Waals surface area contributed by atoms with Crippen LogP contribution in [-0.2, 0) is 0 Å². The molecule has 0 unspecified atom stereocenters. The van der Waals surface area contributed by atoms with Crippen molar-refractivity contribution in [3.05, 3.63) is 47.6 Å². The highest BCUT2D eigenvalue weighted by Crippen LogP contribution is 2.33. The average molecular weight is 301 g/mol. The monoisotopic (exact) mass is 300 g/mol. The van der Waals surface area contributed by atoms with Crippen LogP contribution in [0.15, 0.2) is 42.5 Å². The zero-order chi connectivity index (χ0) is 14.8. The predicted molar refractivity (Wildman–Crippen MR) is 83.1 cm³/mol. The Morgan fingerprint density at radius 1 is 0.857 bits per heavy atom. The lowest BCUT2D eigenvalue weighted by Gasteiger charge is -2.10. The molecule has 21 heavy (non-hydrogen) atoms. The second-order valence-electron chi connectivity index (χ2n) is 4.49. The molecule has 5 heteroatoms. The van der Waals surface area contributed by atoms with Gasteiger partial charge < -0.3 is 9.47 Å². The summed E-state index contributed by atoms with van der Waals surface area (Å²) in [4.78, 5) is 0. The highest BCUT2D eigenvalue weighted by Gasteiger charge is 2.11. The van der Waals surface area contributed by atoms with Crippen LogP contribution in [0.25, 0.3) is 22.0 Å². The van der Waals surface area contributed by atoms with Crippen molar-refractivity contribution in [1.82, 2.24) is 10.2 Å². The van der Waals surface area contributed by atoms with E-state index in [4.69, 9.17) is 21.1 Å². The zero-order valence-corrected chi connectivity index (χ0v) is 12.4. The standard InChI is InChI=1S/C16H13ClN2O2/c1-20-11-7-10(8-12(9-11)21-2)15-13-5-3-4-6-14(13)16(17)19-18-15/h3-9H,1-2H3. The lowest BCUT2D eigenvalue weighted by Crippen LogP contribution is -1.94. The van der Waals surface area contributed by atoms with Gasteiger partial charge in [-0.2, -0.15) is 0 Å². The van der Waals surface area contributed by atoms with Gasteiger partial charge in [0.15, 0.2) is 5.15 Å². The molecule has 1 aromatic heterocycles. The second-order valence-corrected chi connectivity index (χ2v) is 4.84. The fraction of sp³-hybridized carbons (Fsp3) is 0.125. The quantitative estimate of drug-likeness (QED) is 0.734. The van der Waals surface area contributed by atoms with Crippen molar-refractivity contribution in [2.45, 2.75) is 0 Å². The summed E-state index contributed by atoms with van der Waals surface area (Å²) in [6, 6.07) is 13.4. The van der Waals surface area contributed by atoms with Gasteiger partial charge in [-0.3, -0.25) is 0 Å². The summed E-state index contributed by atoms with van der Waals surface area (Å²) in [5.41, 5.74) is 1.61. The van der Waals surface area contributed by atoms with E-state index in [2.05, 4.69) is 10.2 Å². The molecule has 4 nitrogen and oxygen atoms in total. The first-order valence-corrected chi connectivity index (χ1v) is 6.75. The molecule has 0 fully saturated rings. The van der Waals surface area contributed by atoms with E-state index in [9.17, 15) is 0 Å². The van der Waals surface area contributed by atoms with Gasteiger partial charge in [0.05, 0.1) is 14.2 Å². The van der Waals surface area contributed by atoms with E-state index in [-0.39, 0.29) is 0 Å². The Hall–Kier alpha value is -2.33. The number of benzene rings is 2. The third-order valence-corrected chi connectivity index (χ3v) is 3.55. The van der Waals surface area contributed by atoms with Gasteiger partial charge in [-0.05, 0) is 12.1 Å². The Bertz CT molecular complexity index is 783. The van der Waals surface area contributed by atoms with Crippen LogP contribution in [0, 0.1) is 0 Å². The minimum Gasteiger partial charge on any atom is -0.497 e. The molecule has 2 aromatic carbocycles. The Kier molecular flexibility index (Phi) is 3.62. The molecule has 3 rings (SSSR count). The largest absolute Gasteiger partial charge is 0.497 e. The van der Waals surface area contributed by atoms with Crippen molar-refractivity contribution in [3.8, 4) is 22.8 Å². The number of rotatable bonds is 3. The van der Waals surface area contributed by atoms with E-state index in [1.54, 1.807) is 14.2 Å². The van der Waals surface area contributed by atoms with Gasteiger partial charge in [0.2, 0.25) is 0 Å². The molecule has 0 saturated carbocycles. The smallest absolute Gasteiger partial charge is 0.159 e. The first-order valence-electron chi connectivity index (χ1n) is 6.37. The van der Waals surface area contributed by atoms with Crippen LogP contribution in [-0.4, -0.2) is 24.4 Å². The van der Waals surface area contributed by atoms with E-state index < -0.39 is 0 Å². The Labute approximate surface area is 127 Å². The number of halogens is 1. The van der Waals surface area contributed by atoms with Crippen LogP contribution in [0.2, 0.25) is 5.15 Å². The van der Waals surface area contributed by atoms with Gasteiger partial charge in [-0.25, -0.2) is 0 Å². The van der Waals surface area contributed by atoms with Gasteiger partial charge in [0, 0.05) is 22.4 Å². The number of fused-ring (bicyclic) bond motifs is 1. The van der Waals surface area contributed by atoms with Crippen LogP contribution >= 0.6 is 11.6 Å². The maximum absolute atomic E-state index is 6.11. The molecule has 0 saturated heterocycles. The summed E-state index contributed by atoms with van der Waals surface area (Å²) in [6.45, 7) is 0. The minimum atomic E-state index is 0.393. The molecule has 0 aliphatic heterocycles. The summed E-state index contributed by atoms with van der Waals surface area (Å²) in [5.74, 6) is 1.40. The van der Waals surface area contributed by atoms with Gasteiger partial charge in [0.25, 0.3) is 0 Å². The minimum absolute atomic E-state index is 0.393. The van der Waals surface area contributed by atoms with Crippen molar-refractivity contribution in [2.24, 2.45) is 0 Å². The lowest BCUT2D eigenvalue weighted by atomic mass is 10.0. The number of aromatic nitrogens is 2. The number of hydrogen-bond donors (Lipinski definition) is 0. The van der Waals surface area contributed by atoms with Gasteiger partial charge in [-0.15, -0.1) is 10.2 Å². The first kappa shape index (κ1) is 13.6. The van der Waals surface area contributed by atoms with Crippen molar-refractivity contribution in [3.63, 3.8) is 0 Å². The van der Waals surface area contributed by atoms with E-state index in [0.29, 0.717) is 16.7 Å². The van der Waals surface area contributed by atoms with Crippen molar-refractivity contribution in [2.75, 3.05) is 14.2 Å². The molecule has 0 amide bonds. The maximum Gasteiger partial charge on any atom is 0.159 e. The topological polar surface area (TPSA) is 44.2 Å². The Morgan fingerprint density at radius 2 is 1.48 bits per heavy atom. The van der Waals surface area contributed by atoms with E-state index in [1.165, 1.54) is 0 Å².